The molecule has 2 aromatic carbocycles. The van der Waals surface area contributed by atoms with E-state index in [4.69, 9.17) is 11.6 Å². The minimum atomic E-state index is -0.817. The van der Waals surface area contributed by atoms with Crippen molar-refractivity contribution >= 4 is 27.5 Å². The lowest BCUT2D eigenvalue weighted by Gasteiger charge is -2.13. The number of rotatable bonds is 3. The average Bonchev–Trinajstić information content (AvgIpc) is 2.32. The SMILES string of the molecule is OC(Cc1cccc(Br)c1)c1cc(F)ccc1Cl. The van der Waals surface area contributed by atoms with Crippen LogP contribution in [0.2, 0.25) is 5.02 Å². The maximum atomic E-state index is 13.1. The molecule has 0 saturated heterocycles. The van der Waals surface area contributed by atoms with E-state index in [0.717, 1.165) is 10.0 Å². The Morgan fingerprint density at radius 3 is 2.72 bits per heavy atom. The molecular formula is C14H11BrClFO. The molecule has 0 bridgehead atoms. The Kier molecular flexibility index (Phi) is 4.38. The zero-order valence-electron chi connectivity index (χ0n) is 9.41. The summed E-state index contributed by atoms with van der Waals surface area (Å²) in [5.74, 6) is -0.400. The van der Waals surface area contributed by atoms with Crippen LogP contribution < -0.4 is 0 Å². The van der Waals surface area contributed by atoms with Crippen LogP contribution in [-0.2, 0) is 6.42 Å². The van der Waals surface area contributed by atoms with Crippen LogP contribution in [0.25, 0.3) is 0 Å². The molecule has 1 atom stereocenters. The molecule has 2 aromatic rings. The normalized spacial score (nSPS) is 12.4. The van der Waals surface area contributed by atoms with Gasteiger partial charge in [0.05, 0.1) is 6.10 Å². The van der Waals surface area contributed by atoms with Gasteiger partial charge in [-0.2, -0.15) is 0 Å². The van der Waals surface area contributed by atoms with Crippen molar-refractivity contribution in [2.45, 2.75) is 12.5 Å². The monoisotopic (exact) mass is 328 g/mol. The molecule has 0 aromatic heterocycles. The molecule has 0 heterocycles. The molecule has 1 N–H and O–H groups in total. The summed E-state index contributed by atoms with van der Waals surface area (Å²) >= 11 is 9.32. The predicted octanol–water partition coefficient (Wildman–Crippen LogP) is 4.52. The number of hydrogen-bond donors (Lipinski definition) is 1. The highest BCUT2D eigenvalue weighted by Gasteiger charge is 2.13. The smallest absolute Gasteiger partial charge is 0.123 e. The van der Waals surface area contributed by atoms with Crippen molar-refractivity contribution in [1.82, 2.24) is 0 Å². The van der Waals surface area contributed by atoms with Crippen molar-refractivity contribution < 1.29 is 9.50 Å². The number of hydrogen-bond acceptors (Lipinski definition) is 1. The second-order valence-electron chi connectivity index (χ2n) is 4.02. The fourth-order valence-corrected chi connectivity index (χ4v) is 2.46. The molecule has 0 amide bonds. The van der Waals surface area contributed by atoms with Gasteiger partial charge in [-0.15, -0.1) is 0 Å². The Morgan fingerprint density at radius 2 is 2.00 bits per heavy atom. The quantitative estimate of drug-likeness (QED) is 0.878. The molecule has 18 heavy (non-hydrogen) atoms. The van der Waals surface area contributed by atoms with Crippen LogP contribution >= 0.6 is 27.5 Å². The summed E-state index contributed by atoms with van der Waals surface area (Å²) in [6, 6.07) is 11.6. The molecule has 94 valence electrons. The van der Waals surface area contributed by atoms with Gasteiger partial charge in [0.1, 0.15) is 5.82 Å². The van der Waals surface area contributed by atoms with E-state index in [2.05, 4.69) is 15.9 Å². The van der Waals surface area contributed by atoms with E-state index >= 15 is 0 Å². The number of aliphatic hydroxyl groups excluding tert-OH is 1. The highest BCUT2D eigenvalue weighted by Crippen LogP contribution is 2.27. The molecule has 0 aliphatic heterocycles. The van der Waals surface area contributed by atoms with Crippen LogP contribution in [0.5, 0.6) is 0 Å². The first kappa shape index (κ1) is 13.5. The molecular weight excluding hydrogens is 319 g/mol. The molecule has 0 saturated carbocycles. The second kappa shape index (κ2) is 5.83. The van der Waals surface area contributed by atoms with E-state index < -0.39 is 11.9 Å². The summed E-state index contributed by atoms with van der Waals surface area (Å²) in [7, 11) is 0. The van der Waals surface area contributed by atoms with Gasteiger partial charge < -0.3 is 5.11 Å². The second-order valence-corrected chi connectivity index (χ2v) is 5.34. The van der Waals surface area contributed by atoms with Crippen molar-refractivity contribution in [1.29, 1.82) is 0 Å². The predicted molar refractivity (Wildman–Crippen MR) is 74.2 cm³/mol. The Morgan fingerprint density at radius 1 is 1.22 bits per heavy atom. The zero-order chi connectivity index (χ0) is 13.1. The highest BCUT2D eigenvalue weighted by atomic mass is 79.9. The maximum Gasteiger partial charge on any atom is 0.123 e. The lowest BCUT2D eigenvalue weighted by atomic mass is 10.0. The number of benzene rings is 2. The van der Waals surface area contributed by atoms with Gasteiger partial charge in [-0.25, -0.2) is 4.39 Å². The van der Waals surface area contributed by atoms with Gasteiger partial charge in [0.2, 0.25) is 0 Å². The largest absolute Gasteiger partial charge is 0.388 e. The summed E-state index contributed by atoms with van der Waals surface area (Å²) in [6.45, 7) is 0. The third kappa shape index (κ3) is 3.31. The third-order valence-corrected chi connectivity index (χ3v) is 3.47. The van der Waals surface area contributed by atoms with E-state index in [9.17, 15) is 9.50 Å². The van der Waals surface area contributed by atoms with Gasteiger partial charge in [0.15, 0.2) is 0 Å². The molecule has 2 rings (SSSR count). The molecule has 4 heteroatoms. The van der Waals surface area contributed by atoms with Crippen LogP contribution in [0, 0.1) is 5.82 Å². The van der Waals surface area contributed by atoms with Gasteiger partial charge in [0, 0.05) is 21.5 Å². The number of aliphatic hydroxyl groups is 1. The Labute approximate surface area is 118 Å². The van der Waals surface area contributed by atoms with E-state index in [1.54, 1.807) is 0 Å². The topological polar surface area (TPSA) is 20.2 Å². The lowest BCUT2D eigenvalue weighted by Crippen LogP contribution is -2.03. The van der Waals surface area contributed by atoms with E-state index in [0.29, 0.717) is 17.0 Å². The van der Waals surface area contributed by atoms with E-state index in [1.165, 1.54) is 18.2 Å². The van der Waals surface area contributed by atoms with Crippen LogP contribution in [-0.4, -0.2) is 5.11 Å². The van der Waals surface area contributed by atoms with Gasteiger partial charge in [0.25, 0.3) is 0 Å². The molecule has 0 aliphatic rings. The highest BCUT2D eigenvalue weighted by molar-refractivity contribution is 9.10. The van der Waals surface area contributed by atoms with E-state index in [-0.39, 0.29) is 0 Å². The summed E-state index contributed by atoms with van der Waals surface area (Å²) in [4.78, 5) is 0. The lowest BCUT2D eigenvalue weighted by molar-refractivity contribution is 0.178. The molecule has 0 fully saturated rings. The van der Waals surface area contributed by atoms with E-state index in [1.807, 2.05) is 24.3 Å². The molecule has 1 unspecified atom stereocenters. The van der Waals surface area contributed by atoms with Crippen LogP contribution in [0.15, 0.2) is 46.9 Å². The number of halogens is 3. The van der Waals surface area contributed by atoms with Crippen molar-refractivity contribution in [2.24, 2.45) is 0 Å². The van der Waals surface area contributed by atoms with Gasteiger partial charge in [-0.3, -0.25) is 0 Å². The standard InChI is InChI=1S/C14H11BrClFO/c15-10-3-1-2-9(6-10)7-14(18)12-8-11(17)4-5-13(12)16/h1-6,8,14,18H,7H2. The summed E-state index contributed by atoms with van der Waals surface area (Å²) < 4.78 is 14.1. The first-order chi connectivity index (χ1) is 8.56. The van der Waals surface area contributed by atoms with Crippen LogP contribution in [0.4, 0.5) is 4.39 Å². The third-order valence-electron chi connectivity index (χ3n) is 2.64. The van der Waals surface area contributed by atoms with Crippen LogP contribution in [0.1, 0.15) is 17.2 Å². The minimum absolute atomic E-state index is 0.374. The van der Waals surface area contributed by atoms with Crippen molar-refractivity contribution in [3.63, 3.8) is 0 Å². The average molecular weight is 330 g/mol. The maximum absolute atomic E-state index is 13.1. The Balaban J connectivity index is 2.21. The Bertz CT molecular complexity index is 559. The zero-order valence-corrected chi connectivity index (χ0v) is 11.7. The molecule has 0 spiro atoms. The fraction of sp³-hybridized carbons (Fsp3) is 0.143. The van der Waals surface area contributed by atoms with Gasteiger partial charge in [-0.05, 0) is 35.9 Å². The molecule has 0 radical (unpaired) electrons. The van der Waals surface area contributed by atoms with Crippen molar-refractivity contribution in [3.8, 4) is 0 Å². The van der Waals surface area contributed by atoms with Gasteiger partial charge in [-0.1, -0.05) is 39.7 Å². The minimum Gasteiger partial charge on any atom is -0.388 e. The first-order valence-electron chi connectivity index (χ1n) is 5.44. The van der Waals surface area contributed by atoms with Crippen molar-refractivity contribution in [2.75, 3.05) is 0 Å². The summed E-state index contributed by atoms with van der Waals surface area (Å²) in [5, 5.41) is 10.5. The Hall–Kier alpha value is -0.900. The summed E-state index contributed by atoms with van der Waals surface area (Å²) in [5.41, 5.74) is 1.37. The van der Waals surface area contributed by atoms with Crippen LogP contribution in [0.3, 0.4) is 0 Å². The van der Waals surface area contributed by atoms with Crippen molar-refractivity contribution in [3.05, 3.63) is 68.9 Å². The first-order valence-corrected chi connectivity index (χ1v) is 6.61. The fourth-order valence-electron chi connectivity index (χ4n) is 1.77. The summed E-state index contributed by atoms with van der Waals surface area (Å²) in [6.07, 6.45) is -0.426. The molecule has 0 aliphatic carbocycles. The van der Waals surface area contributed by atoms with Gasteiger partial charge >= 0.3 is 0 Å². The molecule has 1 nitrogen and oxygen atoms in total.